The summed E-state index contributed by atoms with van der Waals surface area (Å²) < 4.78 is 4.41. The first-order chi connectivity index (χ1) is 22.1. The van der Waals surface area contributed by atoms with Crippen molar-refractivity contribution in [3.8, 4) is 0 Å². The number of carboxylic acid groups (broad SMARTS) is 1. The van der Waals surface area contributed by atoms with Gasteiger partial charge in [-0.1, -0.05) is 53.2 Å². The Morgan fingerprint density at radius 1 is 1.06 bits per heavy atom. The predicted molar refractivity (Wildman–Crippen MR) is 176 cm³/mol. The smallest absolute Gasteiger partial charge is 0.450 e. The number of hydrogen-bond acceptors (Lipinski definition) is 9. The Labute approximate surface area is 276 Å². The molecule has 2 rings (SSSR count). The minimum atomic E-state index is -1.31. The molecule has 6 amide bonds. The molecule has 1 aliphatic heterocycles. The molecule has 0 radical (unpaired) electrons. The summed E-state index contributed by atoms with van der Waals surface area (Å²) in [4.78, 5) is 79.0. The number of rotatable bonds is 16. The first-order valence-electron chi connectivity index (χ1n) is 15.6. The quantitative estimate of drug-likeness (QED) is 0.0655. The van der Waals surface area contributed by atoms with Crippen LogP contribution in [0.5, 0.6) is 0 Å². The topological polar surface area (TPSA) is 226 Å². The lowest BCUT2D eigenvalue weighted by atomic mass is 9.92. The number of nitrogens with zero attached hydrogens (tertiary/aromatic N) is 1. The van der Waals surface area contributed by atoms with E-state index in [0.717, 1.165) is 24.7 Å². The molecule has 0 aromatic heterocycles. The Hall–Kier alpha value is -4.53. The lowest BCUT2D eigenvalue weighted by Crippen LogP contribution is -2.39. The standard InChI is InChI=1S/C17H28N2O4.C11H14N2O4.C4H10N2O/c1-12(2)13(11-20)18-14(21)8-6-5-7-9-19-15(22)10-17(3,4)16(19)23;1-12-6-10(14)13-9-4-2-8(3-5-9)7-17-11(15)16;1-2-3-6-4(5)7/h11-13H,5-10H2,1-4H3,(H,18,21);2-5,12H,6-7H2,1H3,(H,13,14)(H,15,16);2-3H2,1H3,(H3,5,6,7). The van der Waals surface area contributed by atoms with Crippen LogP contribution in [0.3, 0.4) is 0 Å². The normalized spacial score (nSPS) is 13.7. The summed E-state index contributed by atoms with van der Waals surface area (Å²) >= 11 is 0. The number of likely N-dealkylation sites (N-methyl/N-ethyl adjacent to an activating group) is 1. The van der Waals surface area contributed by atoms with Crippen LogP contribution in [-0.4, -0.2) is 84.8 Å². The van der Waals surface area contributed by atoms with E-state index in [1.165, 1.54) is 4.90 Å². The van der Waals surface area contributed by atoms with Crippen LogP contribution in [0.4, 0.5) is 15.3 Å². The highest BCUT2D eigenvalue weighted by Crippen LogP contribution is 2.31. The highest BCUT2D eigenvalue weighted by Gasteiger charge is 2.44. The van der Waals surface area contributed by atoms with Crippen molar-refractivity contribution in [3.05, 3.63) is 29.8 Å². The molecule has 15 heteroatoms. The number of aldehydes is 1. The molecule has 1 heterocycles. The van der Waals surface area contributed by atoms with E-state index in [1.807, 2.05) is 20.8 Å². The van der Waals surface area contributed by atoms with Gasteiger partial charge in [0.1, 0.15) is 12.9 Å². The number of unbranched alkanes of at least 4 members (excludes halogenated alkanes) is 2. The zero-order chi connectivity index (χ0) is 36.0. The van der Waals surface area contributed by atoms with Gasteiger partial charge in [0, 0.05) is 31.6 Å². The SMILES string of the molecule is CC(C)C(C=O)NC(=O)CCCCCN1C(=O)CC(C)(C)C1=O.CCCNC(N)=O.CNCC(=O)Nc1ccc(COC(=O)O)cc1. The van der Waals surface area contributed by atoms with Crippen molar-refractivity contribution in [2.24, 2.45) is 17.1 Å². The molecule has 7 N–H and O–H groups in total. The number of carbonyl (C=O) groups excluding carboxylic acids is 6. The molecule has 1 aromatic rings. The van der Waals surface area contributed by atoms with Gasteiger partial charge in [0.05, 0.1) is 18.0 Å². The second-order valence-corrected chi connectivity index (χ2v) is 11.8. The number of urea groups is 1. The minimum absolute atomic E-state index is 0.0000747. The molecule has 0 saturated carbocycles. The van der Waals surface area contributed by atoms with Gasteiger partial charge < -0.3 is 41.6 Å². The van der Waals surface area contributed by atoms with Crippen molar-refractivity contribution in [1.82, 2.24) is 20.9 Å². The Kier molecular flexibility index (Phi) is 20.7. The van der Waals surface area contributed by atoms with Gasteiger partial charge in [0.15, 0.2) is 0 Å². The van der Waals surface area contributed by atoms with Gasteiger partial charge in [-0.05, 0) is 49.9 Å². The number of hydrogen-bond donors (Lipinski definition) is 6. The number of anilines is 1. The number of amides is 6. The minimum Gasteiger partial charge on any atom is -0.450 e. The van der Waals surface area contributed by atoms with Crippen molar-refractivity contribution >= 4 is 47.8 Å². The van der Waals surface area contributed by atoms with Gasteiger partial charge in [0.2, 0.25) is 23.6 Å². The maximum atomic E-state index is 12.0. The molecular formula is C32H52N6O9. The monoisotopic (exact) mass is 664 g/mol. The van der Waals surface area contributed by atoms with E-state index >= 15 is 0 Å². The molecule has 1 saturated heterocycles. The molecule has 1 unspecified atom stereocenters. The van der Waals surface area contributed by atoms with Crippen LogP contribution >= 0.6 is 0 Å². The predicted octanol–water partition coefficient (Wildman–Crippen LogP) is 2.78. The Balaban J connectivity index is 0.000000770. The highest BCUT2D eigenvalue weighted by atomic mass is 16.7. The Morgan fingerprint density at radius 3 is 2.15 bits per heavy atom. The fourth-order valence-corrected chi connectivity index (χ4v) is 4.05. The summed E-state index contributed by atoms with van der Waals surface area (Å²) in [5, 5.41) is 18.9. The highest BCUT2D eigenvalue weighted by molar-refractivity contribution is 6.05. The first kappa shape index (κ1) is 42.5. The van der Waals surface area contributed by atoms with E-state index in [1.54, 1.807) is 45.2 Å². The van der Waals surface area contributed by atoms with Crippen LogP contribution in [0.2, 0.25) is 0 Å². The Bertz CT molecular complexity index is 1170. The molecule has 1 aliphatic rings. The largest absolute Gasteiger partial charge is 0.506 e. The van der Waals surface area contributed by atoms with Crippen LogP contribution in [-0.2, 0) is 35.3 Å². The van der Waals surface area contributed by atoms with Crippen molar-refractivity contribution in [2.75, 3.05) is 32.0 Å². The number of imide groups is 1. The van der Waals surface area contributed by atoms with Crippen LogP contribution in [0.1, 0.15) is 78.7 Å². The van der Waals surface area contributed by atoms with Gasteiger partial charge in [-0.3, -0.25) is 24.1 Å². The average Bonchev–Trinajstić information content (AvgIpc) is 3.19. The molecule has 1 atom stereocenters. The third-order valence-corrected chi connectivity index (χ3v) is 6.68. The zero-order valence-corrected chi connectivity index (χ0v) is 28.4. The zero-order valence-electron chi connectivity index (χ0n) is 28.4. The van der Waals surface area contributed by atoms with E-state index in [-0.39, 0.29) is 49.1 Å². The van der Waals surface area contributed by atoms with Gasteiger partial charge >= 0.3 is 12.2 Å². The summed E-state index contributed by atoms with van der Waals surface area (Å²) in [5.74, 6) is -0.409. The number of likely N-dealkylation sites (tertiary alicyclic amines) is 1. The Morgan fingerprint density at radius 2 is 1.70 bits per heavy atom. The number of carbonyl (C=O) groups is 7. The van der Waals surface area contributed by atoms with E-state index in [9.17, 15) is 33.6 Å². The summed E-state index contributed by atoms with van der Waals surface area (Å²) in [5.41, 5.74) is 5.52. The maximum absolute atomic E-state index is 12.0. The van der Waals surface area contributed by atoms with Crippen LogP contribution in [0.15, 0.2) is 24.3 Å². The number of nitrogens with one attached hydrogen (secondary N) is 4. The number of nitrogens with two attached hydrogens (primary N) is 1. The number of ether oxygens (including phenoxy) is 1. The third kappa shape index (κ3) is 18.9. The van der Waals surface area contributed by atoms with E-state index in [4.69, 9.17) is 10.8 Å². The van der Waals surface area contributed by atoms with Gasteiger partial charge in [-0.25, -0.2) is 9.59 Å². The van der Waals surface area contributed by atoms with Crippen molar-refractivity contribution in [3.63, 3.8) is 0 Å². The lowest BCUT2D eigenvalue weighted by molar-refractivity contribution is -0.141. The van der Waals surface area contributed by atoms with Crippen LogP contribution in [0, 0.1) is 11.3 Å². The molecule has 47 heavy (non-hydrogen) atoms. The molecule has 15 nitrogen and oxygen atoms in total. The molecule has 0 spiro atoms. The average molecular weight is 665 g/mol. The molecule has 264 valence electrons. The van der Waals surface area contributed by atoms with Crippen molar-refractivity contribution < 1.29 is 43.4 Å². The fraction of sp³-hybridized carbons (Fsp3) is 0.594. The van der Waals surface area contributed by atoms with Crippen LogP contribution < -0.4 is 27.0 Å². The summed E-state index contributed by atoms with van der Waals surface area (Å²) in [7, 11) is 1.69. The summed E-state index contributed by atoms with van der Waals surface area (Å²) in [6.45, 7) is 10.6. The van der Waals surface area contributed by atoms with E-state index in [2.05, 4.69) is 26.0 Å². The molecular weight excluding hydrogens is 612 g/mol. The van der Waals surface area contributed by atoms with E-state index in [0.29, 0.717) is 38.0 Å². The van der Waals surface area contributed by atoms with Crippen LogP contribution in [0.25, 0.3) is 0 Å². The first-order valence-corrected chi connectivity index (χ1v) is 15.6. The fourth-order valence-electron chi connectivity index (χ4n) is 4.05. The second kappa shape index (κ2) is 22.9. The molecule has 0 aliphatic carbocycles. The van der Waals surface area contributed by atoms with Crippen molar-refractivity contribution in [1.29, 1.82) is 0 Å². The molecule has 1 fully saturated rings. The van der Waals surface area contributed by atoms with Crippen molar-refractivity contribution in [2.45, 2.75) is 85.8 Å². The summed E-state index contributed by atoms with van der Waals surface area (Å²) in [6.07, 6.45) is 3.14. The van der Waals surface area contributed by atoms with E-state index < -0.39 is 23.6 Å². The summed E-state index contributed by atoms with van der Waals surface area (Å²) in [6, 6.07) is 5.88. The molecule has 1 aromatic carbocycles. The second-order valence-electron chi connectivity index (χ2n) is 11.8. The molecule has 0 bridgehead atoms. The van der Waals surface area contributed by atoms with Gasteiger partial charge in [-0.15, -0.1) is 0 Å². The third-order valence-electron chi connectivity index (χ3n) is 6.68. The number of benzene rings is 1. The lowest BCUT2D eigenvalue weighted by Gasteiger charge is -2.18. The number of primary amides is 1. The van der Waals surface area contributed by atoms with Gasteiger partial charge in [0.25, 0.3) is 0 Å². The maximum Gasteiger partial charge on any atom is 0.506 e. The van der Waals surface area contributed by atoms with Gasteiger partial charge in [-0.2, -0.15) is 0 Å².